The van der Waals surface area contributed by atoms with Gasteiger partial charge in [-0.25, -0.2) is 9.59 Å². The Morgan fingerprint density at radius 1 is 0.800 bits per heavy atom. The number of carbonyl (C=O) groups excluding carboxylic acids is 3. The average molecular weight is 489 g/mol. The van der Waals surface area contributed by atoms with Crippen LogP contribution >= 0.6 is 11.3 Å². The van der Waals surface area contributed by atoms with Crippen LogP contribution < -0.4 is 15.4 Å². The van der Waals surface area contributed by atoms with Crippen molar-refractivity contribution in [2.45, 2.75) is 26.4 Å². The number of para-hydroxylation sites is 2. The van der Waals surface area contributed by atoms with E-state index in [-0.39, 0.29) is 5.91 Å². The molecule has 0 aliphatic carbocycles. The van der Waals surface area contributed by atoms with E-state index in [9.17, 15) is 14.4 Å². The van der Waals surface area contributed by atoms with Gasteiger partial charge >= 0.3 is 12.1 Å². The number of nitrogens with one attached hydrogen (secondary N) is 2. The quantitative estimate of drug-likeness (QED) is 0.240. The van der Waals surface area contributed by atoms with Crippen molar-refractivity contribution in [1.82, 2.24) is 0 Å². The van der Waals surface area contributed by atoms with E-state index in [0.717, 1.165) is 10.1 Å². The number of anilines is 2. The van der Waals surface area contributed by atoms with E-state index in [0.29, 0.717) is 27.6 Å². The topological polar surface area (TPSA) is 93.7 Å². The number of thiophene rings is 1. The number of hydrogen-bond donors (Lipinski definition) is 2. The van der Waals surface area contributed by atoms with Crippen LogP contribution in [-0.4, -0.2) is 23.6 Å². The standard InChI is InChI=1S/C27H24N2O5S/c1-27(2,3)34-26(32)29-21-12-8-7-11-20(21)28-24(30)23-16-18-15-19(13-14-22(18)35-23)33-25(31)17-9-5-4-6-10-17/h4-16H,1-3H3,(H,28,30)(H,29,32). The van der Waals surface area contributed by atoms with Gasteiger partial charge < -0.3 is 14.8 Å². The monoisotopic (exact) mass is 488 g/mol. The zero-order valence-corrected chi connectivity index (χ0v) is 20.3. The first kappa shape index (κ1) is 24.0. The number of ether oxygens (including phenoxy) is 2. The van der Waals surface area contributed by atoms with E-state index in [1.807, 2.05) is 12.1 Å². The first-order valence-electron chi connectivity index (χ1n) is 10.9. The van der Waals surface area contributed by atoms with E-state index in [1.54, 1.807) is 87.5 Å². The van der Waals surface area contributed by atoms with Crippen LogP contribution in [0, 0.1) is 0 Å². The first-order chi connectivity index (χ1) is 16.7. The SMILES string of the molecule is CC(C)(C)OC(=O)Nc1ccccc1NC(=O)c1cc2cc(OC(=O)c3ccccc3)ccc2s1. The summed E-state index contributed by atoms with van der Waals surface area (Å²) in [5.74, 6) is -0.386. The Balaban J connectivity index is 1.48. The largest absolute Gasteiger partial charge is 0.444 e. The van der Waals surface area contributed by atoms with E-state index in [1.165, 1.54) is 11.3 Å². The summed E-state index contributed by atoms with van der Waals surface area (Å²) in [7, 11) is 0. The van der Waals surface area contributed by atoms with Gasteiger partial charge in [-0.1, -0.05) is 30.3 Å². The fourth-order valence-corrected chi connectivity index (χ4v) is 4.17. The van der Waals surface area contributed by atoms with Gasteiger partial charge in [-0.3, -0.25) is 10.1 Å². The molecular weight excluding hydrogens is 464 g/mol. The maximum Gasteiger partial charge on any atom is 0.412 e. The Labute approximate surface area is 206 Å². The van der Waals surface area contributed by atoms with E-state index >= 15 is 0 Å². The molecule has 2 N–H and O–H groups in total. The second-order valence-electron chi connectivity index (χ2n) is 8.69. The number of esters is 1. The molecular formula is C27H24N2O5S. The summed E-state index contributed by atoms with van der Waals surface area (Å²) in [4.78, 5) is 37.9. The van der Waals surface area contributed by atoms with Crippen molar-refractivity contribution in [3.8, 4) is 5.75 Å². The van der Waals surface area contributed by atoms with Crippen molar-refractivity contribution in [2.75, 3.05) is 10.6 Å². The Kier molecular flexibility index (Phi) is 6.84. The van der Waals surface area contributed by atoms with Crippen LogP contribution in [0.3, 0.4) is 0 Å². The molecule has 7 nitrogen and oxygen atoms in total. The summed E-state index contributed by atoms with van der Waals surface area (Å²) in [6.07, 6.45) is -0.612. The second kappa shape index (κ2) is 9.99. The molecule has 0 unspecified atom stereocenters. The highest BCUT2D eigenvalue weighted by atomic mass is 32.1. The maximum atomic E-state index is 13.0. The molecule has 178 valence electrons. The third-order valence-corrected chi connectivity index (χ3v) is 5.86. The lowest BCUT2D eigenvalue weighted by atomic mass is 10.2. The fourth-order valence-electron chi connectivity index (χ4n) is 3.24. The van der Waals surface area contributed by atoms with Crippen molar-refractivity contribution in [1.29, 1.82) is 0 Å². The molecule has 8 heteroatoms. The Bertz CT molecular complexity index is 1390. The summed E-state index contributed by atoms with van der Waals surface area (Å²) in [5, 5.41) is 6.29. The molecule has 0 spiro atoms. The zero-order chi connectivity index (χ0) is 25.0. The third-order valence-electron chi connectivity index (χ3n) is 4.74. The molecule has 0 aliphatic rings. The van der Waals surface area contributed by atoms with Gasteiger partial charge in [-0.05, 0) is 74.7 Å². The van der Waals surface area contributed by atoms with Gasteiger partial charge in [0.1, 0.15) is 11.4 Å². The summed E-state index contributed by atoms with van der Waals surface area (Å²) < 4.78 is 11.6. The van der Waals surface area contributed by atoms with Crippen molar-refractivity contribution < 1.29 is 23.9 Å². The molecule has 4 aromatic rings. The predicted octanol–water partition coefficient (Wildman–Crippen LogP) is 6.72. The van der Waals surface area contributed by atoms with Crippen LogP contribution in [-0.2, 0) is 4.74 Å². The Morgan fingerprint density at radius 3 is 2.14 bits per heavy atom. The first-order valence-corrected chi connectivity index (χ1v) is 11.7. The van der Waals surface area contributed by atoms with Crippen molar-refractivity contribution in [3.63, 3.8) is 0 Å². The molecule has 0 fully saturated rings. The molecule has 0 radical (unpaired) electrons. The molecule has 35 heavy (non-hydrogen) atoms. The highest BCUT2D eigenvalue weighted by molar-refractivity contribution is 7.20. The fraction of sp³-hybridized carbons (Fsp3) is 0.148. The van der Waals surface area contributed by atoms with Crippen LogP contribution in [0.25, 0.3) is 10.1 Å². The Hall–Kier alpha value is -4.17. The molecule has 1 aromatic heterocycles. The number of carbonyl (C=O) groups is 3. The van der Waals surface area contributed by atoms with Gasteiger partial charge in [0.15, 0.2) is 0 Å². The van der Waals surface area contributed by atoms with Crippen LogP contribution in [0.5, 0.6) is 5.75 Å². The van der Waals surface area contributed by atoms with E-state index in [4.69, 9.17) is 9.47 Å². The van der Waals surface area contributed by atoms with Crippen LogP contribution in [0.1, 0.15) is 40.8 Å². The Morgan fingerprint density at radius 2 is 1.46 bits per heavy atom. The zero-order valence-electron chi connectivity index (χ0n) is 19.5. The molecule has 3 aromatic carbocycles. The molecule has 4 rings (SSSR count). The van der Waals surface area contributed by atoms with Gasteiger partial charge in [-0.15, -0.1) is 11.3 Å². The molecule has 0 aliphatic heterocycles. The van der Waals surface area contributed by atoms with E-state index < -0.39 is 17.7 Å². The van der Waals surface area contributed by atoms with E-state index in [2.05, 4.69) is 10.6 Å². The van der Waals surface area contributed by atoms with Gasteiger partial charge in [0.2, 0.25) is 0 Å². The number of benzene rings is 3. The van der Waals surface area contributed by atoms with Crippen LogP contribution in [0.2, 0.25) is 0 Å². The molecule has 0 atom stereocenters. The predicted molar refractivity (Wildman–Crippen MR) is 137 cm³/mol. The molecule has 0 saturated carbocycles. The molecule has 0 bridgehead atoms. The summed E-state index contributed by atoms with van der Waals surface area (Å²) >= 11 is 1.31. The maximum absolute atomic E-state index is 13.0. The third kappa shape index (κ3) is 6.24. The van der Waals surface area contributed by atoms with Crippen LogP contribution in [0.15, 0.2) is 78.9 Å². The lowest BCUT2D eigenvalue weighted by Crippen LogP contribution is -2.27. The summed E-state index contributed by atoms with van der Waals surface area (Å²) in [5.41, 5.74) is 0.675. The van der Waals surface area contributed by atoms with Crippen molar-refractivity contribution in [2.24, 2.45) is 0 Å². The minimum absolute atomic E-state index is 0.326. The van der Waals surface area contributed by atoms with Crippen molar-refractivity contribution >= 4 is 50.8 Å². The number of rotatable bonds is 5. The smallest absolute Gasteiger partial charge is 0.412 e. The minimum Gasteiger partial charge on any atom is -0.444 e. The minimum atomic E-state index is -0.645. The van der Waals surface area contributed by atoms with Gasteiger partial charge in [0.25, 0.3) is 5.91 Å². The normalized spacial score (nSPS) is 11.1. The molecule has 1 heterocycles. The lowest BCUT2D eigenvalue weighted by Gasteiger charge is -2.20. The highest BCUT2D eigenvalue weighted by Crippen LogP contribution is 2.31. The van der Waals surface area contributed by atoms with Gasteiger partial charge in [-0.2, -0.15) is 0 Å². The molecule has 0 saturated heterocycles. The van der Waals surface area contributed by atoms with Crippen LogP contribution in [0.4, 0.5) is 16.2 Å². The van der Waals surface area contributed by atoms with Gasteiger partial charge in [0.05, 0.1) is 21.8 Å². The van der Waals surface area contributed by atoms with Crippen molar-refractivity contribution in [3.05, 3.63) is 89.3 Å². The number of hydrogen-bond acceptors (Lipinski definition) is 6. The lowest BCUT2D eigenvalue weighted by molar-refractivity contribution is 0.0634. The average Bonchev–Trinajstić information content (AvgIpc) is 3.23. The van der Waals surface area contributed by atoms with Gasteiger partial charge in [0, 0.05) is 4.70 Å². The highest BCUT2D eigenvalue weighted by Gasteiger charge is 2.18. The number of amides is 2. The number of fused-ring (bicyclic) bond motifs is 1. The summed E-state index contributed by atoms with van der Waals surface area (Å²) in [6, 6.07) is 22.6. The molecule has 2 amide bonds. The second-order valence-corrected chi connectivity index (χ2v) is 9.78. The summed E-state index contributed by atoms with van der Waals surface area (Å²) in [6.45, 7) is 5.32.